The molecule has 0 unspecified atom stereocenters. The van der Waals surface area contributed by atoms with Gasteiger partial charge < -0.3 is 10.4 Å². The SMILES string of the molecule is Cc1cc(C(=O)O)c(NC(=O)c2sccc2C)s1. The smallest absolute Gasteiger partial charge is 0.338 e. The molecule has 0 saturated heterocycles. The molecule has 0 aromatic carbocycles. The molecular formula is C12H11NO3S2. The van der Waals surface area contributed by atoms with E-state index in [1.807, 2.05) is 25.3 Å². The summed E-state index contributed by atoms with van der Waals surface area (Å²) in [4.78, 5) is 24.5. The third-order valence-electron chi connectivity index (χ3n) is 2.38. The number of rotatable bonds is 3. The van der Waals surface area contributed by atoms with Crippen molar-refractivity contribution >= 4 is 39.6 Å². The van der Waals surface area contributed by atoms with Crippen LogP contribution >= 0.6 is 22.7 Å². The van der Waals surface area contributed by atoms with Crippen molar-refractivity contribution < 1.29 is 14.7 Å². The topological polar surface area (TPSA) is 66.4 Å². The van der Waals surface area contributed by atoms with E-state index in [0.29, 0.717) is 9.88 Å². The van der Waals surface area contributed by atoms with Crippen molar-refractivity contribution in [2.75, 3.05) is 5.32 Å². The number of hydrogen-bond acceptors (Lipinski definition) is 4. The summed E-state index contributed by atoms with van der Waals surface area (Å²) in [5.74, 6) is -1.29. The van der Waals surface area contributed by atoms with Crippen molar-refractivity contribution in [2.45, 2.75) is 13.8 Å². The number of aromatic carboxylic acids is 1. The molecule has 0 aliphatic rings. The molecule has 2 aromatic rings. The van der Waals surface area contributed by atoms with Crippen molar-refractivity contribution in [3.05, 3.63) is 38.4 Å². The highest BCUT2D eigenvalue weighted by atomic mass is 32.1. The third kappa shape index (κ3) is 2.44. The molecule has 2 rings (SSSR count). The van der Waals surface area contributed by atoms with Gasteiger partial charge in [0.15, 0.2) is 0 Å². The van der Waals surface area contributed by atoms with Gasteiger partial charge in [-0.3, -0.25) is 4.79 Å². The van der Waals surface area contributed by atoms with Gasteiger partial charge in [-0.2, -0.15) is 0 Å². The fraction of sp³-hybridized carbons (Fsp3) is 0.167. The van der Waals surface area contributed by atoms with Crippen molar-refractivity contribution in [3.8, 4) is 0 Å². The summed E-state index contributed by atoms with van der Waals surface area (Å²) in [7, 11) is 0. The maximum Gasteiger partial charge on any atom is 0.338 e. The average Bonchev–Trinajstić information content (AvgIpc) is 2.84. The van der Waals surface area contributed by atoms with E-state index in [1.54, 1.807) is 6.07 Å². The van der Waals surface area contributed by atoms with E-state index in [-0.39, 0.29) is 11.5 Å². The Morgan fingerprint density at radius 3 is 2.61 bits per heavy atom. The van der Waals surface area contributed by atoms with Crippen LogP contribution in [0.25, 0.3) is 0 Å². The molecule has 6 heteroatoms. The largest absolute Gasteiger partial charge is 0.478 e. The molecule has 2 N–H and O–H groups in total. The monoisotopic (exact) mass is 281 g/mol. The zero-order valence-corrected chi connectivity index (χ0v) is 11.4. The Kier molecular flexibility index (Phi) is 3.49. The Labute approximate surface area is 112 Å². The molecule has 0 spiro atoms. The van der Waals surface area contributed by atoms with Crippen LogP contribution in [-0.4, -0.2) is 17.0 Å². The quantitative estimate of drug-likeness (QED) is 0.906. The minimum atomic E-state index is -1.03. The van der Waals surface area contributed by atoms with Crippen molar-refractivity contribution in [2.24, 2.45) is 0 Å². The highest BCUT2D eigenvalue weighted by molar-refractivity contribution is 7.17. The number of thiophene rings is 2. The van der Waals surface area contributed by atoms with E-state index >= 15 is 0 Å². The summed E-state index contributed by atoms with van der Waals surface area (Å²) in [5.41, 5.74) is 1.03. The van der Waals surface area contributed by atoms with Gasteiger partial charge in [-0.05, 0) is 36.9 Å². The van der Waals surface area contributed by atoms with E-state index < -0.39 is 5.97 Å². The van der Waals surface area contributed by atoms with Crippen LogP contribution in [0.15, 0.2) is 17.5 Å². The van der Waals surface area contributed by atoms with Gasteiger partial charge in [0.2, 0.25) is 0 Å². The predicted octanol–water partition coefficient (Wildman–Crippen LogP) is 3.38. The van der Waals surface area contributed by atoms with Crippen LogP contribution in [0, 0.1) is 13.8 Å². The lowest BCUT2D eigenvalue weighted by Gasteiger charge is -2.03. The second kappa shape index (κ2) is 4.91. The van der Waals surface area contributed by atoms with Crippen LogP contribution < -0.4 is 5.32 Å². The van der Waals surface area contributed by atoms with E-state index in [2.05, 4.69) is 5.32 Å². The summed E-state index contributed by atoms with van der Waals surface area (Å²) in [5, 5.41) is 13.9. The summed E-state index contributed by atoms with van der Waals surface area (Å²) in [6.45, 7) is 3.66. The number of carboxylic acid groups (broad SMARTS) is 1. The van der Waals surface area contributed by atoms with Gasteiger partial charge in [0.1, 0.15) is 5.00 Å². The van der Waals surface area contributed by atoms with Gasteiger partial charge in [-0.25, -0.2) is 4.79 Å². The molecule has 18 heavy (non-hydrogen) atoms. The van der Waals surface area contributed by atoms with Gasteiger partial charge >= 0.3 is 5.97 Å². The number of aryl methyl sites for hydroxylation is 2. The number of carboxylic acids is 1. The molecule has 2 heterocycles. The highest BCUT2D eigenvalue weighted by Gasteiger charge is 2.18. The summed E-state index contributed by atoms with van der Waals surface area (Å²) in [6.07, 6.45) is 0. The Hall–Kier alpha value is -1.66. The highest BCUT2D eigenvalue weighted by Crippen LogP contribution is 2.28. The molecule has 0 atom stereocenters. The zero-order valence-electron chi connectivity index (χ0n) is 9.81. The molecule has 0 bridgehead atoms. The first-order chi connectivity index (χ1) is 8.49. The van der Waals surface area contributed by atoms with Gasteiger partial charge in [0.25, 0.3) is 5.91 Å². The number of nitrogens with one attached hydrogen (secondary N) is 1. The van der Waals surface area contributed by atoms with Crippen molar-refractivity contribution in [3.63, 3.8) is 0 Å². The second-order valence-electron chi connectivity index (χ2n) is 3.79. The minimum Gasteiger partial charge on any atom is -0.478 e. The fourth-order valence-electron chi connectivity index (χ4n) is 1.53. The molecule has 0 fully saturated rings. The molecule has 0 saturated carbocycles. The van der Waals surface area contributed by atoms with Crippen molar-refractivity contribution in [1.82, 2.24) is 0 Å². The lowest BCUT2D eigenvalue weighted by atomic mass is 10.2. The number of carbonyl (C=O) groups excluding carboxylic acids is 1. The van der Waals surface area contributed by atoms with Crippen LogP contribution in [0.1, 0.15) is 30.5 Å². The normalized spacial score (nSPS) is 10.3. The standard InChI is InChI=1S/C12H11NO3S2/c1-6-3-4-17-9(6)10(14)13-11-8(12(15)16)5-7(2)18-11/h3-5H,1-2H3,(H,13,14)(H,15,16). The zero-order chi connectivity index (χ0) is 13.3. The van der Waals surface area contributed by atoms with E-state index in [4.69, 9.17) is 5.11 Å². The number of hydrogen-bond donors (Lipinski definition) is 2. The minimum absolute atomic E-state index is 0.139. The predicted molar refractivity (Wildman–Crippen MR) is 73.0 cm³/mol. The van der Waals surface area contributed by atoms with Crippen LogP contribution in [0.2, 0.25) is 0 Å². The van der Waals surface area contributed by atoms with Crippen LogP contribution in [0.4, 0.5) is 5.00 Å². The van der Waals surface area contributed by atoms with Crippen molar-refractivity contribution in [1.29, 1.82) is 0 Å². The van der Waals surface area contributed by atoms with Gasteiger partial charge in [-0.1, -0.05) is 0 Å². The molecule has 1 amide bonds. The first kappa shape index (κ1) is 12.8. The Balaban J connectivity index is 2.27. The van der Waals surface area contributed by atoms with Gasteiger partial charge in [0.05, 0.1) is 10.4 Å². The number of anilines is 1. The lowest BCUT2D eigenvalue weighted by Crippen LogP contribution is -2.12. The van der Waals surface area contributed by atoms with Gasteiger partial charge in [0, 0.05) is 4.88 Å². The lowest BCUT2D eigenvalue weighted by molar-refractivity contribution is 0.0698. The fourth-order valence-corrected chi connectivity index (χ4v) is 3.25. The molecule has 2 aromatic heterocycles. The third-order valence-corrected chi connectivity index (χ3v) is 4.36. The summed E-state index contributed by atoms with van der Waals surface area (Å²) < 4.78 is 0. The maximum atomic E-state index is 12.0. The number of carbonyl (C=O) groups is 2. The summed E-state index contributed by atoms with van der Waals surface area (Å²) >= 11 is 2.61. The van der Waals surface area contributed by atoms with E-state index in [0.717, 1.165) is 10.4 Å². The molecular weight excluding hydrogens is 270 g/mol. The number of amides is 1. The molecule has 0 radical (unpaired) electrons. The molecule has 94 valence electrons. The Morgan fingerprint density at radius 2 is 2.06 bits per heavy atom. The van der Waals surface area contributed by atoms with E-state index in [1.165, 1.54) is 22.7 Å². The second-order valence-corrected chi connectivity index (χ2v) is 5.96. The van der Waals surface area contributed by atoms with E-state index in [9.17, 15) is 9.59 Å². The Bertz CT molecular complexity index is 613. The Morgan fingerprint density at radius 1 is 1.33 bits per heavy atom. The molecule has 4 nitrogen and oxygen atoms in total. The maximum absolute atomic E-state index is 12.0. The summed E-state index contributed by atoms with van der Waals surface area (Å²) in [6, 6.07) is 3.42. The first-order valence-electron chi connectivity index (χ1n) is 5.18. The molecule has 0 aliphatic carbocycles. The van der Waals surface area contributed by atoms with Gasteiger partial charge in [-0.15, -0.1) is 22.7 Å². The molecule has 0 aliphatic heterocycles. The first-order valence-corrected chi connectivity index (χ1v) is 6.88. The van der Waals surface area contributed by atoms with Crippen LogP contribution in [0.5, 0.6) is 0 Å². The average molecular weight is 281 g/mol. The van der Waals surface area contributed by atoms with Crippen LogP contribution in [0.3, 0.4) is 0 Å². The van der Waals surface area contributed by atoms with Crippen LogP contribution in [-0.2, 0) is 0 Å².